The summed E-state index contributed by atoms with van der Waals surface area (Å²) in [6.45, 7) is 1.79. The van der Waals surface area contributed by atoms with Crippen molar-refractivity contribution in [1.29, 1.82) is 0 Å². The summed E-state index contributed by atoms with van der Waals surface area (Å²) in [7, 11) is 0. The Balaban J connectivity index is 1.76. The molecule has 4 heteroatoms. The molecule has 1 N–H and O–H groups in total. The summed E-state index contributed by atoms with van der Waals surface area (Å²) in [5, 5.41) is 3.08. The molecular weight excluding hydrogens is 264 g/mol. The molecule has 1 aliphatic rings. The first kappa shape index (κ1) is 13.9. The molecule has 1 fully saturated rings. The van der Waals surface area contributed by atoms with E-state index < -0.39 is 0 Å². The molecule has 0 saturated heterocycles. The molecule has 0 bridgehead atoms. The second-order valence-corrected chi connectivity index (χ2v) is 5.60. The quantitative estimate of drug-likeness (QED) is 0.934. The average molecular weight is 284 g/mol. The summed E-state index contributed by atoms with van der Waals surface area (Å²) < 4.78 is 5.64. The van der Waals surface area contributed by atoms with E-state index in [1.807, 2.05) is 30.3 Å². The van der Waals surface area contributed by atoms with Gasteiger partial charge in [0.25, 0.3) is 5.91 Å². The maximum Gasteiger partial charge on any atom is 0.273 e. The van der Waals surface area contributed by atoms with E-state index in [0.29, 0.717) is 17.3 Å². The number of aryl methyl sites for hydroxylation is 1. The Kier molecular flexibility index (Phi) is 4.04. The molecule has 0 aliphatic heterocycles. The number of rotatable bonds is 3. The monoisotopic (exact) mass is 284 g/mol. The average Bonchev–Trinajstić information content (AvgIpc) is 2.91. The van der Waals surface area contributed by atoms with Gasteiger partial charge in [-0.3, -0.25) is 4.79 Å². The standard InChI is InChI=1S/C17H20N2O2/c1-12-15(16(20)18-14-10-6-3-7-11-14)19-17(21-12)13-8-4-2-5-9-13/h2,4-5,8-9,14H,3,6-7,10-11H2,1H3,(H,18,20). The second-order valence-electron chi connectivity index (χ2n) is 5.60. The lowest BCUT2D eigenvalue weighted by Crippen LogP contribution is -2.36. The molecule has 0 atom stereocenters. The molecule has 1 saturated carbocycles. The lowest BCUT2D eigenvalue weighted by molar-refractivity contribution is 0.0922. The van der Waals surface area contributed by atoms with Gasteiger partial charge in [-0.15, -0.1) is 0 Å². The van der Waals surface area contributed by atoms with Gasteiger partial charge >= 0.3 is 0 Å². The van der Waals surface area contributed by atoms with Gasteiger partial charge in [0.1, 0.15) is 5.76 Å². The summed E-state index contributed by atoms with van der Waals surface area (Å²) in [5.74, 6) is 0.953. The van der Waals surface area contributed by atoms with E-state index in [1.165, 1.54) is 19.3 Å². The number of nitrogens with one attached hydrogen (secondary N) is 1. The third-order valence-corrected chi connectivity index (χ3v) is 3.97. The van der Waals surface area contributed by atoms with Gasteiger partial charge in [-0.1, -0.05) is 37.5 Å². The van der Waals surface area contributed by atoms with Gasteiger partial charge in [-0.2, -0.15) is 0 Å². The number of amides is 1. The Morgan fingerprint density at radius 2 is 1.90 bits per heavy atom. The highest BCUT2D eigenvalue weighted by molar-refractivity contribution is 5.93. The Labute approximate surface area is 124 Å². The van der Waals surface area contributed by atoms with Crippen molar-refractivity contribution in [3.63, 3.8) is 0 Å². The number of oxazole rings is 1. The maximum atomic E-state index is 12.3. The van der Waals surface area contributed by atoms with E-state index in [4.69, 9.17) is 4.42 Å². The molecule has 0 radical (unpaired) electrons. The molecule has 1 heterocycles. The van der Waals surface area contributed by atoms with Gasteiger partial charge < -0.3 is 9.73 Å². The first-order chi connectivity index (χ1) is 10.2. The van der Waals surface area contributed by atoms with Crippen LogP contribution in [-0.2, 0) is 0 Å². The lowest BCUT2D eigenvalue weighted by Gasteiger charge is -2.22. The third kappa shape index (κ3) is 3.15. The van der Waals surface area contributed by atoms with Crippen LogP contribution in [0.15, 0.2) is 34.7 Å². The smallest absolute Gasteiger partial charge is 0.273 e. The summed E-state index contributed by atoms with van der Waals surface area (Å²) >= 11 is 0. The predicted molar refractivity (Wildman–Crippen MR) is 81.0 cm³/mol. The minimum Gasteiger partial charge on any atom is -0.441 e. The van der Waals surface area contributed by atoms with Crippen molar-refractivity contribution in [2.45, 2.75) is 45.1 Å². The van der Waals surface area contributed by atoms with E-state index in [0.717, 1.165) is 18.4 Å². The van der Waals surface area contributed by atoms with Crippen LogP contribution in [0.3, 0.4) is 0 Å². The first-order valence-electron chi connectivity index (χ1n) is 7.58. The molecular formula is C17H20N2O2. The molecule has 1 aromatic carbocycles. The molecule has 4 nitrogen and oxygen atoms in total. The van der Waals surface area contributed by atoms with Crippen LogP contribution < -0.4 is 5.32 Å². The molecule has 0 unspecified atom stereocenters. The van der Waals surface area contributed by atoms with E-state index in [2.05, 4.69) is 10.3 Å². The first-order valence-corrected chi connectivity index (χ1v) is 7.58. The zero-order chi connectivity index (χ0) is 14.7. The van der Waals surface area contributed by atoms with Crippen LogP contribution in [-0.4, -0.2) is 16.9 Å². The van der Waals surface area contributed by atoms with Crippen LogP contribution >= 0.6 is 0 Å². The molecule has 0 spiro atoms. The van der Waals surface area contributed by atoms with Gasteiger partial charge in [0, 0.05) is 11.6 Å². The van der Waals surface area contributed by atoms with Gasteiger partial charge in [0.05, 0.1) is 0 Å². The Morgan fingerprint density at radius 1 is 1.19 bits per heavy atom. The van der Waals surface area contributed by atoms with E-state index >= 15 is 0 Å². The van der Waals surface area contributed by atoms with Gasteiger partial charge in [0.15, 0.2) is 5.69 Å². The molecule has 110 valence electrons. The molecule has 1 aliphatic carbocycles. The number of carbonyl (C=O) groups is 1. The van der Waals surface area contributed by atoms with Crippen molar-refractivity contribution in [3.8, 4) is 11.5 Å². The largest absolute Gasteiger partial charge is 0.441 e. The molecule has 1 aromatic heterocycles. The summed E-state index contributed by atoms with van der Waals surface area (Å²) in [4.78, 5) is 16.7. The molecule has 3 rings (SSSR count). The van der Waals surface area contributed by atoms with Crippen LogP contribution in [0.5, 0.6) is 0 Å². The van der Waals surface area contributed by atoms with Crippen LogP contribution in [0.4, 0.5) is 0 Å². The highest BCUT2D eigenvalue weighted by atomic mass is 16.4. The zero-order valence-corrected chi connectivity index (χ0v) is 12.3. The highest BCUT2D eigenvalue weighted by Gasteiger charge is 2.21. The van der Waals surface area contributed by atoms with E-state index in [9.17, 15) is 4.79 Å². The summed E-state index contributed by atoms with van der Waals surface area (Å²) in [6.07, 6.45) is 5.78. The van der Waals surface area contributed by atoms with Gasteiger partial charge in [-0.25, -0.2) is 4.98 Å². The van der Waals surface area contributed by atoms with Crippen LogP contribution in [0.25, 0.3) is 11.5 Å². The van der Waals surface area contributed by atoms with Crippen molar-refractivity contribution in [2.24, 2.45) is 0 Å². The van der Waals surface area contributed by atoms with Crippen LogP contribution in [0, 0.1) is 6.92 Å². The Morgan fingerprint density at radius 3 is 2.62 bits per heavy atom. The number of aromatic nitrogens is 1. The zero-order valence-electron chi connectivity index (χ0n) is 12.3. The van der Waals surface area contributed by atoms with Crippen LogP contribution in [0.1, 0.15) is 48.4 Å². The highest BCUT2D eigenvalue weighted by Crippen LogP contribution is 2.22. The van der Waals surface area contributed by atoms with Crippen molar-refractivity contribution < 1.29 is 9.21 Å². The Hall–Kier alpha value is -2.10. The fourth-order valence-electron chi connectivity index (χ4n) is 2.81. The van der Waals surface area contributed by atoms with Crippen molar-refractivity contribution in [1.82, 2.24) is 10.3 Å². The van der Waals surface area contributed by atoms with Gasteiger partial charge in [0.2, 0.25) is 5.89 Å². The van der Waals surface area contributed by atoms with Crippen molar-refractivity contribution in [3.05, 3.63) is 41.8 Å². The summed E-state index contributed by atoms with van der Waals surface area (Å²) in [6, 6.07) is 9.92. The molecule has 2 aromatic rings. The fraction of sp³-hybridized carbons (Fsp3) is 0.412. The summed E-state index contributed by atoms with van der Waals surface area (Å²) in [5.41, 5.74) is 1.29. The number of carbonyl (C=O) groups excluding carboxylic acids is 1. The number of benzene rings is 1. The topological polar surface area (TPSA) is 55.1 Å². The fourth-order valence-corrected chi connectivity index (χ4v) is 2.81. The molecule has 1 amide bonds. The normalized spacial score (nSPS) is 15.9. The van der Waals surface area contributed by atoms with E-state index in [1.54, 1.807) is 6.92 Å². The SMILES string of the molecule is Cc1oc(-c2ccccc2)nc1C(=O)NC1CCCCC1. The maximum absolute atomic E-state index is 12.3. The van der Waals surface area contributed by atoms with Gasteiger partial charge in [-0.05, 0) is 31.9 Å². The number of hydrogen-bond donors (Lipinski definition) is 1. The predicted octanol–water partition coefficient (Wildman–Crippen LogP) is 3.71. The number of hydrogen-bond acceptors (Lipinski definition) is 3. The second kappa shape index (κ2) is 6.12. The lowest BCUT2D eigenvalue weighted by atomic mass is 9.95. The van der Waals surface area contributed by atoms with Crippen molar-refractivity contribution >= 4 is 5.91 Å². The van der Waals surface area contributed by atoms with E-state index in [-0.39, 0.29) is 11.9 Å². The van der Waals surface area contributed by atoms with Crippen LogP contribution in [0.2, 0.25) is 0 Å². The van der Waals surface area contributed by atoms with Crippen molar-refractivity contribution in [2.75, 3.05) is 0 Å². The number of nitrogens with zero attached hydrogens (tertiary/aromatic N) is 1. The minimum atomic E-state index is -0.120. The minimum absolute atomic E-state index is 0.120. The molecule has 21 heavy (non-hydrogen) atoms. The third-order valence-electron chi connectivity index (χ3n) is 3.97. The Bertz CT molecular complexity index is 613.